The second kappa shape index (κ2) is 6.57. The summed E-state index contributed by atoms with van der Waals surface area (Å²) in [6.45, 7) is 2.32. The Bertz CT molecular complexity index is 836. The van der Waals surface area contributed by atoms with Crippen LogP contribution in [0.15, 0.2) is 40.9 Å². The maximum absolute atomic E-state index is 12.5. The number of carbonyl (C=O) groups excluding carboxylic acids is 1. The lowest BCUT2D eigenvalue weighted by Gasteiger charge is -2.13. The van der Waals surface area contributed by atoms with Crippen LogP contribution in [0.3, 0.4) is 0 Å². The van der Waals surface area contributed by atoms with Gasteiger partial charge in [0.2, 0.25) is 0 Å². The van der Waals surface area contributed by atoms with E-state index in [2.05, 4.69) is 15.4 Å². The first-order valence-corrected chi connectivity index (χ1v) is 7.61. The van der Waals surface area contributed by atoms with Crippen molar-refractivity contribution < 1.29 is 14.4 Å². The highest BCUT2D eigenvalue weighted by molar-refractivity contribution is 5.93. The molecule has 0 radical (unpaired) electrons. The zero-order valence-corrected chi connectivity index (χ0v) is 13.5. The molecule has 2 aromatic heterocycles. The summed E-state index contributed by atoms with van der Waals surface area (Å²) >= 11 is 0. The van der Waals surface area contributed by atoms with E-state index in [0.29, 0.717) is 23.7 Å². The van der Waals surface area contributed by atoms with E-state index >= 15 is 0 Å². The standard InChI is InChI=1S/C17H18N4O3/c1-3-12-8-14(24-20-12)10-21(2)17(23)16-9-15(18-19-16)11-4-6-13(22)7-5-11/h4-9,22H,3,10H2,1-2H3,(H,18,19). The Morgan fingerprint density at radius 3 is 2.71 bits per heavy atom. The van der Waals surface area contributed by atoms with E-state index < -0.39 is 0 Å². The molecule has 0 unspecified atom stereocenters. The Labute approximate surface area is 138 Å². The lowest BCUT2D eigenvalue weighted by Crippen LogP contribution is -2.26. The van der Waals surface area contributed by atoms with Crippen LogP contribution in [-0.2, 0) is 13.0 Å². The molecule has 3 rings (SSSR count). The van der Waals surface area contributed by atoms with Gasteiger partial charge in [0.1, 0.15) is 11.4 Å². The first kappa shape index (κ1) is 15.8. The molecular weight excluding hydrogens is 308 g/mol. The van der Waals surface area contributed by atoms with Gasteiger partial charge in [-0.25, -0.2) is 0 Å². The number of benzene rings is 1. The van der Waals surface area contributed by atoms with Gasteiger partial charge >= 0.3 is 0 Å². The van der Waals surface area contributed by atoms with Crippen molar-refractivity contribution in [1.82, 2.24) is 20.3 Å². The van der Waals surface area contributed by atoms with Gasteiger partial charge in [-0.2, -0.15) is 5.10 Å². The van der Waals surface area contributed by atoms with E-state index in [4.69, 9.17) is 4.52 Å². The highest BCUT2D eigenvalue weighted by Gasteiger charge is 2.17. The second-order valence-corrected chi connectivity index (χ2v) is 5.51. The number of carbonyl (C=O) groups is 1. The summed E-state index contributed by atoms with van der Waals surface area (Å²) < 4.78 is 5.20. The minimum atomic E-state index is -0.193. The number of hydrogen-bond acceptors (Lipinski definition) is 5. The molecule has 1 amide bonds. The van der Waals surface area contributed by atoms with E-state index in [1.54, 1.807) is 37.4 Å². The lowest BCUT2D eigenvalue weighted by molar-refractivity contribution is 0.0766. The molecule has 2 N–H and O–H groups in total. The summed E-state index contributed by atoms with van der Waals surface area (Å²) in [5, 5.41) is 20.1. The molecule has 0 aliphatic carbocycles. The highest BCUT2D eigenvalue weighted by atomic mass is 16.5. The van der Waals surface area contributed by atoms with Crippen molar-refractivity contribution in [2.75, 3.05) is 7.05 Å². The van der Waals surface area contributed by atoms with E-state index in [1.165, 1.54) is 4.90 Å². The molecule has 0 aliphatic heterocycles. The van der Waals surface area contributed by atoms with Crippen LogP contribution >= 0.6 is 0 Å². The van der Waals surface area contributed by atoms with Crippen molar-refractivity contribution in [1.29, 1.82) is 0 Å². The number of hydrogen-bond donors (Lipinski definition) is 2. The average Bonchev–Trinajstić information content (AvgIpc) is 3.24. The number of aromatic nitrogens is 3. The smallest absolute Gasteiger partial charge is 0.272 e. The first-order chi connectivity index (χ1) is 11.6. The SMILES string of the molecule is CCc1cc(CN(C)C(=O)c2cc(-c3ccc(O)cc3)n[nH]2)on1. The molecule has 124 valence electrons. The summed E-state index contributed by atoms with van der Waals surface area (Å²) in [7, 11) is 1.69. The third-order valence-corrected chi connectivity index (χ3v) is 3.68. The molecule has 3 aromatic rings. The number of aromatic hydroxyl groups is 1. The van der Waals surface area contributed by atoms with E-state index in [9.17, 15) is 9.90 Å². The fraction of sp³-hybridized carbons (Fsp3) is 0.235. The van der Waals surface area contributed by atoms with Crippen molar-refractivity contribution >= 4 is 5.91 Å². The Hall–Kier alpha value is -3.09. The number of aromatic amines is 1. The van der Waals surface area contributed by atoms with Crippen molar-refractivity contribution in [3.63, 3.8) is 0 Å². The monoisotopic (exact) mass is 326 g/mol. The van der Waals surface area contributed by atoms with Gasteiger partial charge < -0.3 is 14.5 Å². The largest absolute Gasteiger partial charge is 0.508 e. The van der Waals surface area contributed by atoms with Gasteiger partial charge in [-0.15, -0.1) is 0 Å². The minimum absolute atomic E-state index is 0.184. The Kier molecular flexibility index (Phi) is 4.33. The van der Waals surface area contributed by atoms with Gasteiger partial charge in [0, 0.05) is 18.7 Å². The van der Waals surface area contributed by atoms with Gasteiger partial charge in [-0.1, -0.05) is 12.1 Å². The van der Waals surface area contributed by atoms with E-state index in [-0.39, 0.29) is 11.7 Å². The van der Waals surface area contributed by atoms with Gasteiger partial charge in [0.25, 0.3) is 5.91 Å². The number of nitrogens with zero attached hydrogens (tertiary/aromatic N) is 3. The van der Waals surface area contributed by atoms with Crippen molar-refractivity contribution in [3.05, 3.63) is 53.5 Å². The summed E-state index contributed by atoms with van der Waals surface area (Å²) in [6.07, 6.45) is 0.789. The molecule has 7 nitrogen and oxygen atoms in total. The second-order valence-electron chi connectivity index (χ2n) is 5.51. The fourth-order valence-corrected chi connectivity index (χ4v) is 2.32. The third kappa shape index (κ3) is 3.29. The van der Waals surface area contributed by atoms with E-state index in [0.717, 1.165) is 17.7 Å². The maximum atomic E-state index is 12.5. The number of aryl methyl sites for hydroxylation is 1. The summed E-state index contributed by atoms with van der Waals surface area (Å²) in [5.74, 6) is 0.631. The summed E-state index contributed by atoms with van der Waals surface area (Å²) in [6, 6.07) is 10.2. The lowest BCUT2D eigenvalue weighted by atomic mass is 10.1. The van der Waals surface area contributed by atoms with Gasteiger partial charge in [-0.05, 0) is 36.8 Å². The molecule has 0 atom stereocenters. The van der Waals surface area contributed by atoms with Crippen LogP contribution < -0.4 is 0 Å². The zero-order chi connectivity index (χ0) is 17.1. The molecule has 2 heterocycles. The van der Waals surface area contributed by atoms with Crippen molar-refractivity contribution in [2.24, 2.45) is 0 Å². The van der Waals surface area contributed by atoms with Crippen LogP contribution in [0.2, 0.25) is 0 Å². The normalized spacial score (nSPS) is 10.8. The molecule has 0 bridgehead atoms. The van der Waals surface area contributed by atoms with Crippen LogP contribution in [0.4, 0.5) is 0 Å². The van der Waals surface area contributed by atoms with Gasteiger partial charge in [-0.3, -0.25) is 9.89 Å². The number of phenols is 1. The highest BCUT2D eigenvalue weighted by Crippen LogP contribution is 2.21. The molecule has 0 spiro atoms. The molecule has 1 aromatic carbocycles. The van der Waals surface area contributed by atoms with Crippen molar-refractivity contribution in [3.8, 4) is 17.0 Å². The van der Waals surface area contributed by atoms with E-state index in [1.807, 2.05) is 13.0 Å². The number of H-pyrrole nitrogens is 1. The minimum Gasteiger partial charge on any atom is -0.508 e. The van der Waals surface area contributed by atoms with Crippen LogP contribution in [0, 0.1) is 0 Å². The van der Waals surface area contributed by atoms with Gasteiger partial charge in [0.05, 0.1) is 17.9 Å². The number of amides is 1. The fourth-order valence-electron chi connectivity index (χ4n) is 2.32. The first-order valence-electron chi connectivity index (χ1n) is 7.61. The molecular formula is C17H18N4O3. The Morgan fingerprint density at radius 2 is 2.04 bits per heavy atom. The predicted molar refractivity (Wildman–Crippen MR) is 87.4 cm³/mol. The van der Waals surface area contributed by atoms with Gasteiger partial charge in [0.15, 0.2) is 5.76 Å². The maximum Gasteiger partial charge on any atom is 0.272 e. The molecule has 0 aliphatic rings. The molecule has 24 heavy (non-hydrogen) atoms. The molecule has 0 saturated carbocycles. The molecule has 0 fully saturated rings. The van der Waals surface area contributed by atoms with Crippen molar-refractivity contribution in [2.45, 2.75) is 19.9 Å². The van der Waals surface area contributed by atoms with Crippen LogP contribution in [0.5, 0.6) is 5.75 Å². The third-order valence-electron chi connectivity index (χ3n) is 3.68. The van der Waals surface area contributed by atoms with Crippen LogP contribution in [0.25, 0.3) is 11.3 Å². The Morgan fingerprint density at radius 1 is 1.29 bits per heavy atom. The predicted octanol–water partition coefficient (Wildman–Crippen LogP) is 2.60. The van der Waals surface area contributed by atoms with Crippen LogP contribution in [-0.4, -0.2) is 38.3 Å². The quantitative estimate of drug-likeness (QED) is 0.751. The van der Waals surface area contributed by atoms with Crippen LogP contribution in [0.1, 0.15) is 28.9 Å². The summed E-state index contributed by atoms with van der Waals surface area (Å²) in [5.41, 5.74) is 2.70. The topological polar surface area (TPSA) is 95.2 Å². The average molecular weight is 326 g/mol. The summed E-state index contributed by atoms with van der Waals surface area (Å²) in [4.78, 5) is 14.0. The number of nitrogens with one attached hydrogen (secondary N) is 1. The Balaban J connectivity index is 1.71. The number of rotatable bonds is 5. The molecule has 7 heteroatoms. The zero-order valence-electron chi connectivity index (χ0n) is 13.5. The number of phenolic OH excluding ortho intramolecular Hbond substituents is 1. The molecule has 0 saturated heterocycles.